The fourth-order valence-corrected chi connectivity index (χ4v) is 2.42. The molecule has 1 aliphatic heterocycles. The molecule has 4 nitrogen and oxygen atoms in total. The molecule has 2 unspecified atom stereocenters. The van der Waals surface area contributed by atoms with Crippen molar-refractivity contribution in [3.8, 4) is 0 Å². The number of hydrogen-bond acceptors (Lipinski definition) is 3. The van der Waals surface area contributed by atoms with Crippen molar-refractivity contribution in [1.82, 2.24) is 10.6 Å². The third-order valence-corrected chi connectivity index (χ3v) is 3.64. The maximum atomic E-state index is 12.1. The molecule has 0 saturated carbocycles. The first kappa shape index (κ1) is 14.0. The number of benzene rings is 1. The topological polar surface area (TPSA) is 50.4 Å². The number of carbonyl (C=O) groups excluding carboxylic acids is 1. The Morgan fingerprint density at radius 1 is 1.53 bits per heavy atom. The molecule has 1 amide bonds. The van der Waals surface area contributed by atoms with E-state index in [0.29, 0.717) is 0 Å². The van der Waals surface area contributed by atoms with Gasteiger partial charge in [0, 0.05) is 13.7 Å². The summed E-state index contributed by atoms with van der Waals surface area (Å²) in [5.74, 6) is 0.0496. The van der Waals surface area contributed by atoms with Gasteiger partial charge in [-0.25, -0.2) is 0 Å². The molecule has 1 aliphatic rings. The molecule has 1 aromatic carbocycles. The fourth-order valence-electron chi connectivity index (χ4n) is 2.42. The van der Waals surface area contributed by atoms with Crippen molar-refractivity contribution in [2.75, 3.05) is 13.7 Å². The van der Waals surface area contributed by atoms with Gasteiger partial charge in [-0.3, -0.25) is 4.79 Å². The zero-order chi connectivity index (χ0) is 13.8. The molecule has 104 valence electrons. The Labute approximate surface area is 114 Å². The van der Waals surface area contributed by atoms with Crippen LogP contribution in [-0.4, -0.2) is 31.7 Å². The van der Waals surface area contributed by atoms with Gasteiger partial charge in [0.1, 0.15) is 0 Å². The van der Waals surface area contributed by atoms with E-state index in [1.54, 1.807) is 7.11 Å². The van der Waals surface area contributed by atoms with Crippen LogP contribution in [-0.2, 0) is 9.53 Å². The van der Waals surface area contributed by atoms with E-state index in [1.165, 1.54) is 5.56 Å². The van der Waals surface area contributed by atoms with E-state index in [4.69, 9.17) is 4.74 Å². The minimum atomic E-state index is -0.141. The predicted molar refractivity (Wildman–Crippen MR) is 74.9 cm³/mol. The van der Waals surface area contributed by atoms with Gasteiger partial charge in [0.05, 0.1) is 18.2 Å². The number of nitrogens with one attached hydrogen (secondary N) is 2. The summed E-state index contributed by atoms with van der Waals surface area (Å²) in [7, 11) is 1.68. The summed E-state index contributed by atoms with van der Waals surface area (Å²) >= 11 is 0. The summed E-state index contributed by atoms with van der Waals surface area (Å²) in [5, 5.41) is 6.24. The molecule has 0 aliphatic carbocycles. The van der Waals surface area contributed by atoms with Gasteiger partial charge in [-0.1, -0.05) is 29.8 Å². The van der Waals surface area contributed by atoms with Crippen molar-refractivity contribution in [1.29, 1.82) is 0 Å². The van der Waals surface area contributed by atoms with Crippen LogP contribution < -0.4 is 10.6 Å². The molecule has 0 spiro atoms. The highest BCUT2D eigenvalue weighted by Crippen LogP contribution is 2.15. The number of aryl methyl sites for hydroxylation is 1. The molecule has 4 heteroatoms. The smallest absolute Gasteiger partial charge is 0.237 e. The first-order valence-corrected chi connectivity index (χ1v) is 6.73. The van der Waals surface area contributed by atoms with E-state index < -0.39 is 0 Å². The van der Waals surface area contributed by atoms with Gasteiger partial charge in [-0.15, -0.1) is 0 Å². The predicted octanol–water partition coefficient (Wildman–Crippen LogP) is 1.55. The van der Waals surface area contributed by atoms with Gasteiger partial charge in [0.25, 0.3) is 0 Å². The molecular formula is C15H22N2O2. The highest BCUT2D eigenvalue weighted by Gasteiger charge is 2.29. The Morgan fingerprint density at radius 2 is 2.32 bits per heavy atom. The second-order valence-electron chi connectivity index (χ2n) is 5.20. The van der Waals surface area contributed by atoms with Crippen LogP contribution in [0.2, 0.25) is 0 Å². The Balaban J connectivity index is 1.92. The van der Waals surface area contributed by atoms with Crippen LogP contribution in [0.5, 0.6) is 0 Å². The lowest BCUT2D eigenvalue weighted by Crippen LogP contribution is -2.41. The Bertz CT molecular complexity index is 448. The van der Waals surface area contributed by atoms with Crippen LogP contribution >= 0.6 is 0 Å². The average Bonchev–Trinajstić information content (AvgIpc) is 2.87. The van der Waals surface area contributed by atoms with E-state index in [0.717, 1.165) is 18.5 Å². The standard InChI is InChI=1S/C15H22N2O2/c1-10-5-4-6-12(7-10)11(2)17-15(18)14-8-13(19-3)9-16-14/h4-7,11,13-14,16H,8-9H2,1-3H3,(H,17,18)/t11-,13?,14?/m0/s1. The molecule has 2 rings (SSSR count). The number of rotatable bonds is 4. The largest absolute Gasteiger partial charge is 0.380 e. The van der Waals surface area contributed by atoms with Crippen LogP contribution in [0.4, 0.5) is 0 Å². The van der Waals surface area contributed by atoms with Gasteiger partial charge >= 0.3 is 0 Å². The number of carbonyl (C=O) groups is 1. The monoisotopic (exact) mass is 262 g/mol. The minimum absolute atomic E-state index is 0.0239. The van der Waals surface area contributed by atoms with E-state index in [1.807, 2.05) is 19.1 Å². The summed E-state index contributed by atoms with van der Waals surface area (Å²) in [5.41, 5.74) is 2.34. The van der Waals surface area contributed by atoms with Gasteiger partial charge in [0.2, 0.25) is 5.91 Å². The Kier molecular flexibility index (Phi) is 4.56. The van der Waals surface area contributed by atoms with Crippen molar-refractivity contribution >= 4 is 5.91 Å². The number of hydrogen-bond donors (Lipinski definition) is 2. The lowest BCUT2D eigenvalue weighted by molar-refractivity contribution is -0.123. The summed E-state index contributed by atoms with van der Waals surface area (Å²) in [6, 6.07) is 8.10. The van der Waals surface area contributed by atoms with Crippen LogP contribution in [0.1, 0.15) is 30.5 Å². The maximum absolute atomic E-state index is 12.1. The molecule has 1 fully saturated rings. The maximum Gasteiger partial charge on any atom is 0.237 e. The third-order valence-electron chi connectivity index (χ3n) is 3.64. The molecule has 1 saturated heterocycles. The van der Waals surface area contributed by atoms with Crippen molar-refractivity contribution < 1.29 is 9.53 Å². The summed E-state index contributed by atoms with van der Waals surface area (Å²) in [4.78, 5) is 12.1. The molecule has 1 aromatic rings. The third kappa shape index (κ3) is 3.55. The second-order valence-corrected chi connectivity index (χ2v) is 5.20. The quantitative estimate of drug-likeness (QED) is 0.865. The average molecular weight is 262 g/mol. The van der Waals surface area contributed by atoms with E-state index in [9.17, 15) is 4.79 Å². The van der Waals surface area contributed by atoms with Crippen molar-refractivity contribution in [2.45, 2.75) is 38.5 Å². The molecular weight excluding hydrogens is 240 g/mol. The van der Waals surface area contributed by atoms with Crippen LogP contribution in [0.3, 0.4) is 0 Å². The summed E-state index contributed by atoms with van der Waals surface area (Å²) in [6.45, 7) is 4.81. The number of amides is 1. The summed E-state index contributed by atoms with van der Waals surface area (Å²) in [6.07, 6.45) is 0.883. The molecule has 0 aromatic heterocycles. The highest BCUT2D eigenvalue weighted by molar-refractivity contribution is 5.82. The molecule has 19 heavy (non-hydrogen) atoms. The van der Waals surface area contributed by atoms with Crippen molar-refractivity contribution in [3.05, 3.63) is 35.4 Å². The normalized spacial score (nSPS) is 24.2. The number of ether oxygens (including phenoxy) is 1. The second kappa shape index (κ2) is 6.17. The Morgan fingerprint density at radius 3 is 2.95 bits per heavy atom. The number of methoxy groups -OCH3 is 1. The van der Waals surface area contributed by atoms with Crippen LogP contribution in [0.15, 0.2) is 24.3 Å². The van der Waals surface area contributed by atoms with Crippen molar-refractivity contribution in [2.24, 2.45) is 0 Å². The minimum Gasteiger partial charge on any atom is -0.380 e. The molecule has 2 N–H and O–H groups in total. The van der Waals surface area contributed by atoms with E-state index >= 15 is 0 Å². The van der Waals surface area contributed by atoms with Gasteiger partial charge in [0.15, 0.2) is 0 Å². The molecule has 1 heterocycles. The lowest BCUT2D eigenvalue weighted by Gasteiger charge is -2.18. The molecule has 3 atom stereocenters. The zero-order valence-electron chi connectivity index (χ0n) is 11.8. The van der Waals surface area contributed by atoms with Crippen LogP contribution in [0, 0.1) is 6.92 Å². The van der Waals surface area contributed by atoms with Gasteiger partial charge in [-0.05, 0) is 25.8 Å². The van der Waals surface area contributed by atoms with Gasteiger partial charge in [-0.2, -0.15) is 0 Å². The van der Waals surface area contributed by atoms with E-state index in [2.05, 4.69) is 29.7 Å². The van der Waals surface area contributed by atoms with Crippen LogP contribution in [0.25, 0.3) is 0 Å². The van der Waals surface area contributed by atoms with E-state index in [-0.39, 0.29) is 24.1 Å². The fraction of sp³-hybridized carbons (Fsp3) is 0.533. The first-order valence-electron chi connectivity index (χ1n) is 6.73. The summed E-state index contributed by atoms with van der Waals surface area (Å²) < 4.78 is 5.25. The zero-order valence-corrected chi connectivity index (χ0v) is 11.8. The molecule has 0 radical (unpaired) electrons. The van der Waals surface area contributed by atoms with Gasteiger partial charge < -0.3 is 15.4 Å². The lowest BCUT2D eigenvalue weighted by atomic mass is 10.1. The first-order chi connectivity index (χ1) is 9.10. The Hall–Kier alpha value is -1.39. The molecule has 0 bridgehead atoms. The highest BCUT2D eigenvalue weighted by atomic mass is 16.5. The SMILES string of the molecule is COC1CNC(C(=O)N[C@@H](C)c2cccc(C)c2)C1. The van der Waals surface area contributed by atoms with Crippen molar-refractivity contribution in [3.63, 3.8) is 0 Å².